The highest BCUT2D eigenvalue weighted by molar-refractivity contribution is 9.11. The van der Waals surface area contributed by atoms with Gasteiger partial charge in [-0.05, 0) is 12.1 Å². The molecule has 0 aromatic heterocycles. The molecule has 0 heterocycles. The Morgan fingerprint density at radius 2 is 2.00 bits per heavy atom. The highest BCUT2D eigenvalue weighted by Crippen LogP contribution is 2.31. The van der Waals surface area contributed by atoms with Crippen LogP contribution in [0.5, 0.6) is 0 Å². The molecule has 0 spiro atoms. The molecular formula is C10H9Br2FO4. The quantitative estimate of drug-likeness (QED) is 0.796. The Kier molecular flexibility index (Phi) is 5.05. The highest BCUT2D eigenvalue weighted by atomic mass is 79.9. The Balaban J connectivity index is 3.12. The van der Waals surface area contributed by atoms with E-state index in [1.165, 1.54) is 6.07 Å². The lowest BCUT2D eigenvalue weighted by Gasteiger charge is -2.18. The van der Waals surface area contributed by atoms with E-state index < -0.39 is 24.0 Å². The van der Waals surface area contributed by atoms with Crippen molar-refractivity contribution in [2.45, 2.75) is 12.2 Å². The first-order valence-electron chi connectivity index (χ1n) is 4.47. The molecule has 0 aliphatic rings. The van der Waals surface area contributed by atoms with Gasteiger partial charge in [0, 0.05) is 14.5 Å². The predicted octanol–water partition coefficient (Wildman–Crippen LogP) is 1.92. The SMILES string of the molecule is COC(=O)C(O)C(O)c1c(F)cc(Br)cc1Br. The van der Waals surface area contributed by atoms with Gasteiger partial charge in [0.1, 0.15) is 11.9 Å². The number of aliphatic hydroxyl groups excluding tert-OH is 2. The van der Waals surface area contributed by atoms with Crippen LogP contribution in [0.15, 0.2) is 21.1 Å². The van der Waals surface area contributed by atoms with Crippen LogP contribution in [0, 0.1) is 5.82 Å². The summed E-state index contributed by atoms with van der Waals surface area (Å²) in [6, 6.07) is 2.61. The van der Waals surface area contributed by atoms with Gasteiger partial charge in [-0.25, -0.2) is 9.18 Å². The number of methoxy groups -OCH3 is 1. The fraction of sp³-hybridized carbons (Fsp3) is 0.300. The summed E-state index contributed by atoms with van der Waals surface area (Å²) in [5, 5.41) is 19.1. The third-order valence-corrected chi connectivity index (χ3v) is 3.20. The fourth-order valence-corrected chi connectivity index (χ4v) is 2.65. The van der Waals surface area contributed by atoms with Gasteiger partial charge in [0.15, 0.2) is 6.10 Å². The molecule has 7 heteroatoms. The van der Waals surface area contributed by atoms with Gasteiger partial charge < -0.3 is 14.9 Å². The molecule has 2 N–H and O–H groups in total. The zero-order valence-corrected chi connectivity index (χ0v) is 11.8. The zero-order chi connectivity index (χ0) is 13.2. The molecule has 0 amide bonds. The minimum Gasteiger partial charge on any atom is -0.467 e. The first kappa shape index (κ1) is 14.6. The monoisotopic (exact) mass is 370 g/mol. The number of hydrogen-bond acceptors (Lipinski definition) is 4. The largest absolute Gasteiger partial charge is 0.467 e. The van der Waals surface area contributed by atoms with Crippen molar-refractivity contribution in [3.63, 3.8) is 0 Å². The van der Waals surface area contributed by atoms with Crippen molar-refractivity contribution in [2.24, 2.45) is 0 Å². The Morgan fingerprint density at radius 3 is 2.47 bits per heavy atom. The second-order valence-corrected chi connectivity index (χ2v) is 4.97. The van der Waals surface area contributed by atoms with Crippen molar-refractivity contribution in [2.75, 3.05) is 7.11 Å². The maximum atomic E-state index is 13.6. The van der Waals surface area contributed by atoms with Crippen LogP contribution in [0.1, 0.15) is 11.7 Å². The fourth-order valence-electron chi connectivity index (χ4n) is 1.24. The average molecular weight is 372 g/mol. The average Bonchev–Trinajstić information content (AvgIpc) is 2.25. The lowest BCUT2D eigenvalue weighted by Crippen LogP contribution is -2.29. The van der Waals surface area contributed by atoms with E-state index in [0.29, 0.717) is 4.47 Å². The molecule has 1 rings (SSSR count). The minimum absolute atomic E-state index is 0.203. The molecule has 0 aliphatic carbocycles. The zero-order valence-electron chi connectivity index (χ0n) is 8.65. The van der Waals surface area contributed by atoms with Crippen LogP contribution in [-0.4, -0.2) is 29.4 Å². The van der Waals surface area contributed by atoms with E-state index >= 15 is 0 Å². The van der Waals surface area contributed by atoms with Crippen molar-refractivity contribution in [1.29, 1.82) is 0 Å². The van der Waals surface area contributed by atoms with Crippen molar-refractivity contribution in [3.05, 3.63) is 32.5 Å². The van der Waals surface area contributed by atoms with Crippen molar-refractivity contribution >= 4 is 37.8 Å². The molecule has 0 radical (unpaired) electrons. The summed E-state index contributed by atoms with van der Waals surface area (Å²) in [6.07, 6.45) is -3.54. The summed E-state index contributed by atoms with van der Waals surface area (Å²) >= 11 is 6.11. The minimum atomic E-state index is -1.84. The third kappa shape index (κ3) is 3.25. The van der Waals surface area contributed by atoms with Gasteiger partial charge in [0.25, 0.3) is 0 Å². The normalized spacial score (nSPS) is 14.2. The molecule has 1 aromatic carbocycles. The van der Waals surface area contributed by atoms with Crippen molar-refractivity contribution < 1.29 is 24.1 Å². The summed E-state index contributed by atoms with van der Waals surface area (Å²) in [5.41, 5.74) is -0.203. The van der Waals surface area contributed by atoms with E-state index in [2.05, 4.69) is 36.6 Å². The smallest absolute Gasteiger partial charge is 0.337 e. The van der Waals surface area contributed by atoms with Crippen LogP contribution in [-0.2, 0) is 9.53 Å². The van der Waals surface area contributed by atoms with Gasteiger partial charge in [-0.2, -0.15) is 0 Å². The second kappa shape index (κ2) is 5.90. The van der Waals surface area contributed by atoms with Crippen LogP contribution >= 0.6 is 31.9 Å². The molecule has 94 valence electrons. The molecule has 0 saturated carbocycles. The Bertz CT molecular complexity index is 415. The number of rotatable bonds is 3. The van der Waals surface area contributed by atoms with Gasteiger partial charge in [0.2, 0.25) is 0 Å². The number of benzene rings is 1. The number of carbonyl (C=O) groups excluding carboxylic acids is 1. The number of esters is 1. The molecule has 0 bridgehead atoms. The molecule has 1 aromatic rings. The molecule has 17 heavy (non-hydrogen) atoms. The third-order valence-electron chi connectivity index (χ3n) is 2.08. The van der Waals surface area contributed by atoms with E-state index in [1.807, 2.05) is 0 Å². The summed E-state index contributed by atoms with van der Waals surface area (Å²) in [7, 11) is 1.06. The van der Waals surface area contributed by atoms with E-state index in [9.17, 15) is 19.4 Å². The van der Waals surface area contributed by atoms with Crippen molar-refractivity contribution in [1.82, 2.24) is 0 Å². The Hall–Kier alpha value is -0.500. The van der Waals surface area contributed by atoms with Gasteiger partial charge >= 0.3 is 5.97 Å². The number of hydrogen-bond donors (Lipinski definition) is 2. The van der Waals surface area contributed by atoms with Crippen LogP contribution in [0.3, 0.4) is 0 Å². The summed E-state index contributed by atoms with van der Waals surface area (Å²) in [4.78, 5) is 11.0. The highest BCUT2D eigenvalue weighted by Gasteiger charge is 2.30. The first-order valence-corrected chi connectivity index (χ1v) is 6.05. The molecule has 2 unspecified atom stereocenters. The molecule has 0 fully saturated rings. The molecule has 0 saturated heterocycles. The first-order chi connectivity index (χ1) is 7.88. The maximum absolute atomic E-state index is 13.6. The number of carbonyl (C=O) groups is 1. The number of halogens is 3. The van der Waals surface area contributed by atoms with Crippen LogP contribution < -0.4 is 0 Å². The standard InChI is InChI=1S/C10H9Br2FO4/c1-17-10(16)9(15)8(14)7-5(12)2-4(11)3-6(7)13/h2-3,8-9,14-15H,1H3. The lowest BCUT2D eigenvalue weighted by atomic mass is 10.0. The number of ether oxygens (including phenoxy) is 1. The molecular weight excluding hydrogens is 363 g/mol. The van der Waals surface area contributed by atoms with E-state index in [4.69, 9.17) is 0 Å². The van der Waals surface area contributed by atoms with E-state index in [-0.39, 0.29) is 10.0 Å². The maximum Gasteiger partial charge on any atom is 0.337 e. The van der Waals surface area contributed by atoms with Gasteiger partial charge in [0.05, 0.1) is 7.11 Å². The summed E-state index contributed by atoms with van der Waals surface area (Å²) in [6.45, 7) is 0. The van der Waals surface area contributed by atoms with Gasteiger partial charge in [-0.15, -0.1) is 0 Å². The molecule has 0 aliphatic heterocycles. The predicted molar refractivity (Wildman–Crippen MR) is 64.8 cm³/mol. The van der Waals surface area contributed by atoms with Crippen LogP contribution in [0.4, 0.5) is 4.39 Å². The number of aliphatic hydroxyl groups is 2. The van der Waals surface area contributed by atoms with Gasteiger partial charge in [-0.1, -0.05) is 31.9 Å². The summed E-state index contributed by atoms with van der Waals surface area (Å²) in [5.74, 6) is -1.78. The molecule has 4 nitrogen and oxygen atoms in total. The Morgan fingerprint density at radius 1 is 1.41 bits per heavy atom. The van der Waals surface area contributed by atoms with E-state index in [1.54, 1.807) is 0 Å². The molecule has 2 atom stereocenters. The van der Waals surface area contributed by atoms with Crippen molar-refractivity contribution in [3.8, 4) is 0 Å². The van der Waals surface area contributed by atoms with E-state index in [0.717, 1.165) is 13.2 Å². The van der Waals surface area contributed by atoms with Gasteiger partial charge in [-0.3, -0.25) is 0 Å². The van der Waals surface area contributed by atoms with Crippen LogP contribution in [0.2, 0.25) is 0 Å². The lowest BCUT2D eigenvalue weighted by molar-refractivity contribution is -0.156. The Labute approximate surface area is 114 Å². The second-order valence-electron chi connectivity index (χ2n) is 3.20. The van der Waals surface area contributed by atoms with Crippen LogP contribution in [0.25, 0.3) is 0 Å². The topological polar surface area (TPSA) is 66.8 Å². The summed E-state index contributed by atoms with van der Waals surface area (Å²) < 4.78 is 18.6.